The summed E-state index contributed by atoms with van der Waals surface area (Å²) in [6.07, 6.45) is 0. The molecule has 4 amide bonds. The Hall–Kier alpha value is -2.02. The van der Waals surface area contributed by atoms with E-state index in [9.17, 15) is 9.59 Å². The molecule has 0 aliphatic heterocycles. The number of nitrogens with zero attached hydrogens (tertiary/aromatic N) is 4. The first-order valence-corrected chi connectivity index (χ1v) is 7.17. The molecule has 0 unspecified atom stereocenters. The highest BCUT2D eigenvalue weighted by molar-refractivity contribution is 7.16. The molecular weight excluding hydrogens is 288 g/mol. The summed E-state index contributed by atoms with van der Waals surface area (Å²) >= 11 is 1.45. The van der Waals surface area contributed by atoms with Crippen LogP contribution in [0.1, 0.15) is 23.6 Å². The maximum atomic E-state index is 11.6. The molecule has 0 aliphatic carbocycles. The first-order valence-electron chi connectivity index (χ1n) is 6.36. The smallest absolute Gasteiger partial charge is 0.329 e. The van der Waals surface area contributed by atoms with Crippen molar-refractivity contribution in [1.29, 1.82) is 0 Å². The standard InChI is InChI=1S/C14H20N4O2S/c1-9(15-13(19)17(3)4)11-7-8-12(21-11)10(2)16-14(20)18(5)6/h7-8H,1-6H3/b15-9-,16-10+. The van der Waals surface area contributed by atoms with Crippen molar-refractivity contribution >= 4 is 34.8 Å². The first-order chi connectivity index (χ1) is 9.72. The molecule has 0 spiro atoms. The Morgan fingerprint density at radius 2 is 1.19 bits per heavy atom. The monoisotopic (exact) mass is 308 g/mol. The van der Waals surface area contributed by atoms with Crippen molar-refractivity contribution in [2.24, 2.45) is 9.98 Å². The lowest BCUT2D eigenvalue weighted by Gasteiger charge is -2.06. The van der Waals surface area contributed by atoms with Crippen LogP contribution in [-0.2, 0) is 0 Å². The summed E-state index contributed by atoms with van der Waals surface area (Å²) in [5.41, 5.74) is 1.30. The number of rotatable bonds is 2. The van der Waals surface area contributed by atoms with Crippen molar-refractivity contribution in [2.45, 2.75) is 13.8 Å². The van der Waals surface area contributed by atoms with Gasteiger partial charge in [0, 0.05) is 37.9 Å². The summed E-state index contributed by atoms with van der Waals surface area (Å²) in [7, 11) is 6.62. The maximum absolute atomic E-state index is 11.6. The minimum absolute atomic E-state index is 0.296. The molecule has 21 heavy (non-hydrogen) atoms. The van der Waals surface area contributed by atoms with Crippen LogP contribution < -0.4 is 0 Å². The Labute approximate surface area is 128 Å². The van der Waals surface area contributed by atoms with Crippen LogP contribution >= 0.6 is 11.3 Å². The Bertz CT molecular complexity index is 549. The molecule has 0 fully saturated rings. The highest BCUT2D eigenvalue weighted by Crippen LogP contribution is 2.19. The molecule has 0 saturated carbocycles. The molecule has 1 aromatic rings. The van der Waals surface area contributed by atoms with Crippen LogP contribution in [0, 0.1) is 0 Å². The van der Waals surface area contributed by atoms with Gasteiger partial charge in [-0.1, -0.05) is 0 Å². The Morgan fingerprint density at radius 3 is 1.48 bits per heavy atom. The van der Waals surface area contributed by atoms with Gasteiger partial charge in [-0.25, -0.2) is 9.59 Å². The molecule has 114 valence electrons. The number of carbonyl (C=O) groups excluding carboxylic acids is 2. The summed E-state index contributed by atoms with van der Waals surface area (Å²) in [6.45, 7) is 3.57. The van der Waals surface area contributed by atoms with Gasteiger partial charge in [0.1, 0.15) is 0 Å². The summed E-state index contributed by atoms with van der Waals surface area (Å²) in [5, 5.41) is 0. The molecule has 6 nitrogen and oxygen atoms in total. The van der Waals surface area contributed by atoms with Gasteiger partial charge in [0.2, 0.25) is 0 Å². The number of thiophene rings is 1. The number of urea groups is 2. The normalized spacial score (nSPS) is 12.3. The van der Waals surface area contributed by atoms with E-state index in [-0.39, 0.29) is 12.1 Å². The van der Waals surface area contributed by atoms with Crippen LogP contribution in [-0.4, -0.2) is 61.5 Å². The molecule has 0 bridgehead atoms. The third kappa shape index (κ3) is 4.78. The average molecular weight is 308 g/mol. The van der Waals surface area contributed by atoms with Crippen LogP contribution in [0.2, 0.25) is 0 Å². The van der Waals surface area contributed by atoms with E-state index < -0.39 is 0 Å². The lowest BCUT2D eigenvalue weighted by Crippen LogP contribution is -2.19. The fraction of sp³-hybridized carbons (Fsp3) is 0.429. The number of aliphatic imine (C=N–C) groups is 2. The quantitative estimate of drug-likeness (QED) is 0.788. The minimum Gasteiger partial charge on any atom is -0.329 e. The zero-order valence-corrected chi connectivity index (χ0v) is 14.0. The van der Waals surface area contributed by atoms with E-state index in [0.717, 1.165) is 9.75 Å². The van der Waals surface area contributed by atoms with Gasteiger partial charge in [0.05, 0.1) is 11.4 Å². The lowest BCUT2D eigenvalue weighted by atomic mass is 10.3. The Kier molecular flexibility index (Phi) is 5.78. The predicted octanol–water partition coefficient (Wildman–Crippen LogP) is 2.73. The second-order valence-electron chi connectivity index (χ2n) is 4.91. The number of carbonyl (C=O) groups is 2. The second-order valence-corrected chi connectivity index (χ2v) is 6.00. The summed E-state index contributed by atoms with van der Waals surface area (Å²) < 4.78 is 0. The van der Waals surface area contributed by atoms with Gasteiger partial charge in [-0.3, -0.25) is 0 Å². The van der Waals surface area contributed by atoms with E-state index in [1.165, 1.54) is 21.1 Å². The molecule has 7 heteroatoms. The van der Waals surface area contributed by atoms with Crippen molar-refractivity contribution in [1.82, 2.24) is 9.80 Å². The lowest BCUT2D eigenvalue weighted by molar-refractivity contribution is 0.226. The van der Waals surface area contributed by atoms with Gasteiger partial charge in [0.25, 0.3) is 0 Å². The molecule has 0 saturated heterocycles. The molecule has 1 heterocycles. The van der Waals surface area contributed by atoms with Crippen molar-refractivity contribution in [3.8, 4) is 0 Å². The summed E-state index contributed by atoms with van der Waals surface area (Å²) in [6, 6.07) is 3.16. The molecule has 1 rings (SSSR count). The van der Waals surface area contributed by atoms with E-state index in [1.807, 2.05) is 12.1 Å². The van der Waals surface area contributed by atoms with Gasteiger partial charge in [-0.05, 0) is 26.0 Å². The van der Waals surface area contributed by atoms with E-state index in [0.29, 0.717) is 11.4 Å². The molecule has 0 N–H and O–H groups in total. The highest BCUT2D eigenvalue weighted by atomic mass is 32.1. The second kappa shape index (κ2) is 7.12. The number of hydrogen-bond acceptors (Lipinski definition) is 3. The Balaban J connectivity index is 2.96. The van der Waals surface area contributed by atoms with Crippen LogP contribution in [0.3, 0.4) is 0 Å². The number of hydrogen-bond donors (Lipinski definition) is 0. The molecule has 1 aromatic heterocycles. The van der Waals surface area contributed by atoms with E-state index in [2.05, 4.69) is 9.98 Å². The minimum atomic E-state index is -0.296. The summed E-state index contributed by atoms with van der Waals surface area (Å²) in [5.74, 6) is 0. The molecule has 0 radical (unpaired) electrons. The van der Waals surface area contributed by atoms with Gasteiger partial charge < -0.3 is 9.80 Å². The highest BCUT2D eigenvalue weighted by Gasteiger charge is 2.10. The zero-order valence-electron chi connectivity index (χ0n) is 13.2. The largest absolute Gasteiger partial charge is 0.343 e. The molecule has 0 atom stereocenters. The summed E-state index contributed by atoms with van der Waals surface area (Å²) in [4.78, 5) is 35.7. The van der Waals surface area contributed by atoms with Crippen molar-refractivity contribution in [2.75, 3.05) is 28.2 Å². The van der Waals surface area contributed by atoms with Crippen molar-refractivity contribution in [3.05, 3.63) is 21.9 Å². The molecule has 0 aliphatic rings. The van der Waals surface area contributed by atoms with Crippen molar-refractivity contribution in [3.63, 3.8) is 0 Å². The first kappa shape index (κ1) is 17.0. The van der Waals surface area contributed by atoms with Gasteiger partial charge in [0.15, 0.2) is 0 Å². The zero-order chi connectivity index (χ0) is 16.2. The molecular formula is C14H20N4O2S. The fourth-order valence-corrected chi connectivity index (χ4v) is 2.22. The van der Waals surface area contributed by atoms with E-state index in [1.54, 1.807) is 42.0 Å². The predicted molar refractivity (Wildman–Crippen MR) is 86.9 cm³/mol. The average Bonchev–Trinajstić information content (AvgIpc) is 2.87. The van der Waals surface area contributed by atoms with E-state index >= 15 is 0 Å². The van der Waals surface area contributed by atoms with Gasteiger partial charge >= 0.3 is 12.1 Å². The fourth-order valence-electron chi connectivity index (χ4n) is 1.32. The third-order valence-corrected chi connectivity index (χ3v) is 3.91. The van der Waals surface area contributed by atoms with Gasteiger partial charge in [-0.2, -0.15) is 9.98 Å². The van der Waals surface area contributed by atoms with Gasteiger partial charge in [-0.15, -0.1) is 11.3 Å². The van der Waals surface area contributed by atoms with E-state index in [4.69, 9.17) is 0 Å². The maximum Gasteiger partial charge on any atom is 0.343 e. The van der Waals surface area contributed by atoms with Crippen molar-refractivity contribution < 1.29 is 9.59 Å². The SMILES string of the molecule is C/C(=N/C(=O)N(C)C)c1ccc(/C(C)=N/C(=O)N(C)C)s1. The topological polar surface area (TPSA) is 65.3 Å². The molecule has 0 aromatic carbocycles. The van der Waals surface area contributed by atoms with Crippen LogP contribution in [0.25, 0.3) is 0 Å². The third-order valence-electron chi connectivity index (χ3n) is 2.61. The van der Waals surface area contributed by atoms with Crippen LogP contribution in [0.15, 0.2) is 22.1 Å². The Morgan fingerprint density at radius 1 is 0.857 bits per heavy atom. The van der Waals surface area contributed by atoms with Crippen LogP contribution in [0.5, 0.6) is 0 Å². The number of amides is 4. The van der Waals surface area contributed by atoms with Crippen LogP contribution in [0.4, 0.5) is 9.59 Å².